The Bertz CT molecular complexity index is 653. The van der Waals surface area contributed by atoms with Crippen molar-refractivity contribution in [2.24, 2.45) is 0 Å². The zero-order chi connectivity index (χ0) is 15.0. The molecule has 1 heterocycles. The number of benzene rings is 1. The first-order valence-corrected chi connectivity index (χ1v) is 8.21. The van der Waals surface area contributed by atoms with E-state index in [4.69, 9.17) is 16.6 Å². The van der Waals surface area contributed by atoms with Crippen molar-refractivity contribution in [1.82, 2.24) is 9.97 Å². The summed E-state index contributed by atoms with van der Waals surface area (Å²) in [6.45, 7) is 2.78. The number of rotatable bonds is 4. The van der Waals surface area contributed by atoms with Crippen molar-refractivity contribution in [3.05, 3.63) is 50.8 Å². The van der Waals surface area contributed by atoms with Gasteiger partial charge in [0.25, 0.3) is 0 Å². The maximum absolute atomic E-state index is 6.27. The van der Waals surface area contributed by atoms with Crippen LogP contribution in [0.4, 0.5) is 5.82 Å². The molecule has 0 aliphatic heterocycles. The van der Waals surface area contributed by atoms with E-state index in [9.17, 15) is 0 Å². The molecule has 1 aromatic heterocycles. The van der Waals surface area contributed by atoms with Crippen molar-refractivity contribution < 1.29 is 0 Å². The van der Waals surface area contributed by atoms with Gasteiger partial charge in [0, 0.05) is 29.5 Å². The van der Waals surface area contributed by atoms with Gasteiger partial charge in [-0.05, 0) is 37.5 Å². The van der Waals surface area contributed by atoms with Gasteiger partial charge in [-0.2, -0.15) is 0 Å². The van der Waals surface area contributed by atoms with Gasteiger partial charge in [0.05, 0.1) is 0 Å². The molecule has 1 fully saturated rings. The van der Waals surface area contributed by atoms with Crippen LogP contribution in [-0.4, -0.2) is 17.0 Å². The largest absolute Gasteiger partial charge is 0.355 e. The molecule has 110 valence electrons. The lowest BCUT2D eigenvalue weighted by Crippen LogP contribution is -2.20. The number of hydrogen-bond donors (Lipinski definition) is 0. The lowest BCUT2D eigenvalue weighted by molar-refractivity contribution is 0.844. The van der Waals surface area contributed by atoms with Crippen LogP contribution in [0.2, 0.25) is 5.15 Å². The molecule has 0 N–H and O–H groups in total. The molecule has 0 spiro atoms. The average molecular weight is 367 g/mol. The summed E-state index contributed by atoms with van der Waals surface area (Å²) in [5.74, 6) is 2.33. The van der Waals surface area contributed by atoms with Crippen LogP contribution in [0.15, 0.2) is 28.7 Å². The van der Waals surface area contributed by atoms with Crippen LogP contribution in [0.1, 0.15) is 35.7 Å². The van der Waals surface area contributed by atoms with E-state index in [1.54, 1.807) is 0 Å². The Morgan fingerprint density at radius 1 is 1.24 bits per heavy atom. The summed E-state index contributed by atoms with van der Waals surface area (Å²) in [6, 6.07) is 8.33. The molecule has 0 radical (unpaired) electrons. The van der Waals surface area contributed by atoms with Crippen molar-refractivity contribution >= 4 is 33.3 Å². The van der Waals surface area contributed by atoms with Gasteiger partial charge >= 0.3 is 0 Å². The standard InChI is InChI=1S/C16H17BrClN3/c1-10-14(18)19-15(12-5-6-12)20-16(10)21(2)9-11-3-7-13(17)8-4-11/h3-4,7-8,12H,5-6,9H2,1-2H3. The molecule has 1 aromatic carbocycles. The van der Waals surface area contributed by atoms with Crippen LogP contribution in [0, 0.1) is 6.92 Å². The summed E-state index contributed by atoms with van der Waals surface area (Å²) < 4.78 is 1.09. The van der Waals surface area contributed by atoms with Gasteiger partial charge in [-0.3, -0.25) is 0 Å². The lowest BCUT2D eigenvalue weighted by Gasteiger charge is -2.21. The first kappa shape index (κ1) is 14.8. The normalized spacial score (nSPS) is 14.3. The topological polar surface area (TPSA) is 29.0 Å². The van der Waals surface area contributed by atoms with Crippen LogP contribution >= 0.6 is 27.5 Å². The monoisotopic (exact) mass is 365 g/mol. The molecule has 0 amide bonds. The summed E-state index contributed by atoms with van der Waals surface area (Å²) in [5.41, 5.74) is 2.18. The van der Waals surface area contributed by atoms with Crippen molar-refractivity contribution in [2.45, 2.75) is 32.2 Å². The lowest BCUT2D eigenvalue weighted by atomic mass is 10.2. The second-order valence-corrected chi connectivity index (χ2v) is 6.85. The number of anilines is 1. The van der Waals surface area contributed by atoms with E-state index in [-0.39, 0.29) is 0 Å². The van der Waals surface area contributed by atoms with E-state index in [1.807, 2.05) is 14.0 Å². The van der Waals surface area contributed by atoms with Crippen molar-refractivity contribution in [3.63, 3.8) is 0 Å². The Balaban J connectivity index is 1.86. The SMILES string of the molecule is Cc1c(Cl)nc(C2CC2)nc1N(C)Cc1ccc(Br)cc1. The molecule has 0 atom stereocenters. The molecule has 21 heavy (non-hydrogen) atoms. The van der Waals surface area contributed by atoms with E-state index in [1.165, 1.54) is 18.4 Å². The minimum atomic E-state index is 0.503. The van der Waals surface area contributed by atoms with Crippen LogP contribution in [0.3, 0.4) is 0 Å². The molecule has 2 aromatic rings. The Kier molecular flexibility index (Phi) is 4.18. The quantitative estimate of drug-likeness (QED) is 0.733. The predicted molar refractivity (Wildman–Crippen MR) is 90.0 cm³/mol. The molecule has 3 nitrogen and oxygen atoms in total. The van der Waals surface area contributed by atoms with Crippen LogP contribution in [0.5, 0.6) is 0 Å². The Morgan fingerprint density at radius 3 is 2.52 bits per heavy atom. The minimum absolute atomic E-state index is 0.503. The third-order valence-electron chi connectivity index (χ3n) is 3.72. The first-order chi connectivity index (χ1) is 10.0. The highest BCUT2D eigenvalue weighted by Gasteiger charge is 2.28. The Hall–Kier alpha value is -1.13. The molecule has 1 aliphatic carbocycles. The molecule has 3 rings (SSSR count). The van der Waals surface area contributed by atoms with Gasteiger partial charge in [-0.15, -0.1) is 0 Å². The Labute approximate surface area is 138 Å². The molecule has 0 bridgehead atoms. The third kappa shape index (κ3) is 3.38. The van der Waals surface area contributed by atoms with Crippen molar-refractivity contribution in [3.8, 4) is 0 Å². The maximum atomic E-state index is 6.27. The van der Waals surface area contributed by atoms with E-state index >= 15 is 0 Å². The average Bonchev–Trinajstić information content (AvgIpc) is 3.28. The summed E-state index contributed by atoms with van der Waals surface area (Å²) >= 11 is 9.73. The predicted octanol–water partition coefficient (Wildman–Crippen LogP) is 4.71. The van der Waals surface area contributed by atoms with Crippen LogP contribution < -0.4 is 4.90 Å². The molecule has 1 aliphatic rings. The van der Waals surface area contributed by atoms with Crippen LogP contribution in [-0.2, 0) is 6.54 Å². The summed E-state index contributed by atoms with van der Waals surface area (Å²) in [7, 11) is 2.05. The molecule has 0 saturated heterocycles. The van der Waals surface area contributed by atoms with Gasteiger partial charge in [-0.25, -0.2) is 9.97 Å². The molecule has 5 heteroatoms. The van der Waals surface area contributed by atoms with Gasteiger partial charge < -0.3 is 4.90 Å². The zero-order valence-corrected chi connectivity index (χ0v) is 14.4. The molecular formula is C16H17BrClN3. The number of hydrogen-bond acceptors (Lipinski definition) is 3. The molecule has 0 unspecified atom stereocenters. The molecular weight excluding hydrogens is 350 g/mol. The highest BCUT2D eigenvalue weighted by Crippen LogP contribution is 2.39. The smallest absolute Gasteiger partial charge is 0.137 e. The maximum Gasteiger partial charge on any atom is 0.137 e. The van der Waals surface area contributed by atoms with Gasteiger partial charge in [-0.1, -0.05) is 39.7 Å². The first-order valence-electron chi connectivity index (χ1n) is 7.04. The zero-order valence-electron chi connectivity index (χ0n) is 12.1. The molecule has 1 saturated carbocycles. The summed E-state index contributed by atoms with van der Waals surface area (Å²) in [4.78, 5) is 11.3. The van der Waals surface area contributed by atoms with Crippen LogP contribution in [0.25, 0.3) is 0 Å². The number of aromatic nitrogens is 2. The van der Waals surface area contributed by atoms with Gasteiger partial charge in [0.15, 0.2) is 0 Å². The summed E-state index contributed by atoms with van der Waals surface area (Å²) in [5, 5.41) is 0.574. The fourth-order valence-corrected chi connectivity index (χ4v) is 2.76. The van der Waals surface area contributed by atoms with E-state index in [0.29, 0.717) is 11.1 Å². The fraction of sp³-hybridized carbons (Fsp3) is 0.375. The highest BCUT2D eigenvalue weighted by atomic mass is 79.9. The second kappa shape index (κ2) is 5.93. The fourth-order valence-electron chi connectivity index (χ4n) is 2.33. The summed E-state index contributed by atoms with van der Waals surface area (Å²) in [6.07, 6.45) is 2.35. The highest BCUT2D eigenvalue weighted by molar-refractivity contribution is 9.10. The van der Waals surface area contributed by atoms with E-state index < -0.39 is 0 Å². The Morgan fingerprint density at radius 2 is 1.90 bits per heavy atom. The second-order valence-electron chi connectivity index (χ2n) is 5.58. The minimum Gasteiger partial charge on any atom is -0.355 e. The number of nitrogens with zero attached hydrogens (tertiary/aromatic N) is 3. The number of halogens is 2. The van der Waals surface area contributed by atoms with E-state index in [2.05, 4.69) is 50.1 Å². The van der Waals surface area contributed by atoms with Crippen molar-refractivity contribution in [2.75, 3.05) is 11.9 Å². The van der Waals surface area contributed by atoms with Gasteiger partial charge in [0.2, 0.25) is 0 Å². The van der Waals surface area contributed by atoms with Gasteiger partial charge in [0.1, 0.15) is 16.8 Å². The third-order valence-corrected chi connectivity index (χ3v) is 4.61. The van der Waals surface area contributed by atoms with Crippen molar-refractivity contribution in [1.29, 1.82) is 0 Å². The van der Waals surface area contributed by atoms with E-state index in [0.717, 1.165) is 28.2 Å².